The number of thiocarbonyl (C=S) groups is 1. The molecule has 2 nitrogen and oxygen atoms in total. The van der Waals surface area contributed by atoms with Gasteiger partial charge in [-0.05, 0) is 24.1 Å². The topological polar surface area (TPSA) is 29.3 Å². The van der Waals surface area contributed by atoms with Crippen molar-refractivity contribution >= 4 is 22.9 Å². The predicted molar refractivity (Wildman–Crippen MR) is 68.6 cm³/mol. The first-order valence-electron chi connectivity index (χ1n) is 5.68. The Kier molecular flexibility index (Phi) is 3.66. The van der Waals surface area contributed by atoms with Crippen molar-refractivity contribution in [2.24, 2.45) is 11.7 Å². The fourth-order valence-electron chi connectivity index (χ4n) is 2.18. The maximum absolute atomic E-state index is 13.2. The molecule has 0 radical (unpaired) electrons. The Bertz CT molecular complexity index is 501. The summed E-state index contributed by atoms with van der Waals surface area (Å²) in [5, 5.41) is 0. The molecule has 7 heteroatoms. The van der Waals surface area contributed by atoms with Crippen molar-refractivity contribution in [1.82, 2.24) is 0 Å². The minimum atomic E-state index is -4.48. The smallest absolute Gasteiger partial charge is 0.393 e. The highest BCUT2D eigenvalue weighted by atomic mass is 32.1. The number of alkyl halides is 3. The van der Waals surface area contributed by atoms with Gasteiger partial charge in [-0.15, -0.1) is 0 Å². The van der Waals surface area contributed by atoms with Gasteiger partial charge in [0.2, 0.25) is 0 Å². The number of nitrogens with zero attached hydrogens (tertiary/aromatic N) is 1. The number of hydrogen-bond donors (Lipinski definition) is 1. The number of halogens is 4. The van der Waals surface area contributed by atoms with Crippen LogP contribution in [-0.4, -0.2) is 24.3 Å². The molecule has 0 spiro atoms. The maximum atomic E-state index is 13.2. The van der Waals surface area contributed by atoms with Gasteiger partial charge in [0.05, 0.1) is 4.99 Å². The van der Waals surface area contributed by atoms with Crippen LogP contribution in [0.4, 0.5) is 23.2 Å². The van der Waals surface area contributed by atoms with Crippen LogP contribution in [-0.2, 0) is 6.42 Å². The Hall–Kier alpha value is -1.37. The number of fused-ring (bicyclic) bond motifs is 1. The first-order chi connectivity index (χ1) is 8.79. The van der Waals surface area contributed by atoms with Crippen molar-refractivity contribution in [3.63, 3.8) is 0 Å². The Morgan fingerprint density at radius 1 is 1.42 bits per heavy atom. The molecule has 0 saturated carbocycles. The molecule has 0 aromatic heterocycles. The molecule has 0 aliphatic carbocycles. The summed E-state index contributed by atoms with van der Waals surface area (Å²) >= 11 is 4.48. The van der Waals surface area contributed by atoms with Crippen LogP contribution in [0.1, 0.15) is 5.56 Å². The monoisotopic (exact) mass is 292 g/mol. The van der Waals surface area contributed by atoms with Crippen molar-refractivity contribution in [3.8, 4) is 0 Å². The second kappa shape index (κ2) is 4.96. The van der Waals surface area contributed by atoms with Crippen LogP contribution in [0.25, 0.3) is 0 Å². The van der Waals surface area contributed by atoms with E-state index in [1.165, 1.54) is 17.0 Å². The van der Waals surface area contributed by atoms with E-state index in [1.807, 2.05) is 0 Å². The highest BCUT2D eigenvalue weighted by Gasteiger charge is 2.43. The van der Waals surface area contributed by atoms with Crippen LogP contribution < -0.4 is 10.6 Å². The molecule has 0 saturated heterocycles. The zero-order valence-electron chi connectivity index (χ0n) is 9.88. The second-order valence-electron chi connectivity index (χ2n) is 4.47. The number of benzene rings is 1. The third-order valence-electron chi connectivity index (χ3n) is 3.18. The number of hydrogen-bond acceptors (Lipinski definition) is 2. The minimum Gasteiger partial charge on any atom is -0.393 e. The van der Waals surface area contributed by atoms with Crippen LogP contribution in [0, 0.1) is 11.7 Å². The lowest BCUT2D eigenvalue weighted by atomic mass is 10.1. The zero-order chi connectivity index (χ0) is 14.2. The van der Waals surface area contributed by atoms with Crippen molar-refractivity contribution in [1.29, 1.82) is 0 Å². The summed E-state index contributed by atoms with van der Waals surface area (Å²) in [7, 11) is 0. The SMILES string of the molecule is NC(=S)C(CN1CCc2ccc(F)cc21)C(F)(F)F. The Labute approximate surface area is 113 Å². The lowest BCUT2D eigenvalue weighted by Gasteiger charge is -2.26. The largest absolute Gasteiger partial charge is 0.399 e. The zero-order valence-corrected chi connectivity index (χ0v) is 10.7. The van der Waals surface area contributed by atoms with Crippen molar-refractivity contribution < 1.29 is 17.6 Å². The molecule has 1 aliphatic rings. The molecule has 1 aliphatic heterocycles. The first-order valence-corrected chi connectivity index (χ1v) is 6.09. The van der Waals surface area contributed by atoms with E-state index in [4.69, 9.17) is 5.73 Å². The lowest BCUT2D eigenvalue weighted by molar-refractivity contribution is -0.152. The van der Waals surface area contributed by atoms with E-state index in [0.29, 0.717) is 18.7 Å². The summed E-state index contributed by atoms with van der Waals surface area (Å²) in [4.78, 5) is 0.896. The second-order valence-corrected chi connectivity index (χ2v) is 4.94. The van der Waals surface area contributed by atoms with Crippen LogP contribution in [0.2, 0.25) is 0 Å². The van der Waals surface area contributed by atoms with Gasteiger partial charge in [0.15, 0.2) is 0 Å². The highest BCUT2D eigenvalue weighted by Crippen LogP contribution is 2.33. The molecule has 2 rings (SSSR count). The summed E-state index contributed by atoms with van der Waals surface area (Å²) in [5.41, 5.74) is 6.49. The van der Waals surface area contributed by atoms with Gasteiger partial charge in [-0.1, -0.05) is 18.3 Å². The molecule has 1 atom stereocenters. The van der Waals surface area contributed by atoms with Crippen LogP contribution >= 0.6 is 12.2 Å². The molecule has 19 heavy (non-hydrogen) atoms. The van der Waals surface area contributed by atoms with E-state index >= 15 is 0 Å². The fraction of sp³-hybridized carbons (Fsp3) is 0.417. The summed E-state index contributed by atoms with van der Waals surface area (Å²) in [6, 6.07) is 4.14. The van der Waals surface area contributed by atoms with Crippen LogP contribution in [0.15, 0.2) is 18.2 Å². The number of nitrogens with two attached hydrogens (primary N) is 1. The fourth-order valence-corrected chi connectivity index (χ4v) is 2.39. The van der Waals surface area contributed by atoms with E-state index in [0.717, 1.165) is 5.56 Å². The number of anilines is 1. The summed E-state index contributed by atoms with van der Waals surface area (Å²) < 4.78 is 51.6. The van der Waals surface area contributed by atoms with Gasteiger partial charge < -0.3 is 10.6 Å². The van der Waals surface area contributed by atoms with Crippen LogP contribution in [0.5, 0.6) is 0 Å². The number of rotatable bonds is 3. The summed E-state index contributed by atoms with van der Waals surface area (Å²) in [6.45, 7) is 0.0449. The van der Waals surface area contributed by atoms with E-state index in [2.05, 4.69) is 12.2 Å². The van der Waals surface area contributed by atoms with E-state index in [1.54, 1.807) is 6.07 Å². The standard InChI is InChI=1S/C12H12F4N2S/c13-8-2-1-7-3-4-18(10(7)5-8)6-9(11(17)19)12(14,15)16/h1-2,5,9H,3-4,6H2,(H2,17,19). The van der Waals surface area contributed by atoms with Crippen molar-refractivity contribution in [3.05, 3.63) is 29.6 Å². The molecule has 1 heterocycles. The third-order valence-corrected chi connectivity index (χ3v) is 3.47. The van der Waals surface area contributed by atoms with E-state index in [-0.39, 0.29) is 6.54 Å². The highest BCUT2D eigenvalue weighted by molar-refractivity contribution is 7.80. The van der Waals surface area contributed by atoms with Gasteiger partial charge in [0.25, 0.3) is 0 Å². The van der Waals surface area contributed by atoms with Crippen LogP contribution in [0.3, 0.4) is 0 Å². The lowest BCUT2D eigenvalue weighted by Crippen LogP contribution is -2.43. The molecular formula is C12H12F4N2S. The molecule has 0 bridgehead atoms. The van der Waals surface area contributed by atoms with Gasteiger partial charge in [-0.25, -0.2) is 4.39 Å². The third kappa shape index (κ3) is 2.97. The van der Waals surface area contributed by atoms with Crippen molar-refractivity contribution in [2.45, 2.75) is 12.6 Å². The van der Waals surface area contributed by atoms with Gasteiger partial charge in [0.1, 0.15) is 11.7 Å². The minimum absolute atomic E-state index is 0.366. The Morgan fingerprint density at radius 3 is 2.68 bits per heavy atom. The van der Waals surface area contributed by atoms with Gasteiger partial charge >= 0.3 is 6.18 Å². The average Bonchev–Trinajstić information content (AvgIpc) is 2.66. The van der Waals surface area contributed by atoms with E-state index in [9.17, 15) is 17.6 Å². The average molecular weight is 292 g/mol. The molecule has 104 valence electrons. The molecule has 1 unspecified atom stereocenters. The molecular weight excluding hydrogens is 280 g/mol. The predicted octanol–water partition coefficient (Wildman–Crippen LogP) is 2.65. The Balaban J connectivity index is 2.22. The molecule has 1 aromatic rings. The maximum Gasteiger partial charge on any atom is 0.399 e. The molecule has 1 aromatic carbocycles. The molecule has 0 amide bonds. The molecule has 2 N–H and O–H groups in total. The normalized spacial score (nSPS) is 16.3. The Morgan fingerprint density at radius 2 is 2.11 bits per heavy atom. The quantitative estimate of drug-likeness (QED) is 0.686. The summed E-state index contributed by atoms with van der Waals surface area (Å²) in [5.74, 6) is -2.35. The van der Waals surface area contributed by atoms with Crippen molar-refractivity contribution in [2.75, 3.05) is 18.0 Å². The van der Waals surface area contributed by atoms with Gasteiger partial charge in [-0.3, -0.25) is 0 Å². The first kappa shape index (κ1) is 14.0. The van der Waals surface area contributed by atoms with Gasteiger partial charge in [-0.2, -0.15) is 13.2 Å². The molecule has 0 fully saturated rings. The van der Waals surface area contributed by atoms with Gasteiger partial charge in [0, 0.05) is 18.8 Å². The van der Waals surface area contributed by atoms with E-state index < -0.39 is 22.9 Å². The summed E-state index contributed by atoms with van der Waals surface area (Å²) in [6.07, 6.45) is -3.89.